The van der Waals surface area contributed by atoms with Crippen molar-refractivity contribution in [3.05, 3.63) is 22.4 Å². The van der Waals surface area contributed by atoms with Gasteiger partial charge in [-0.25, -0.2) is 4.79 Å². The van der Waals surface area contributed by atoms with Crippen LogP contribution in [0.4, 0.5) is 0 Å². The van der Waals surface area contributed by atoms with E-state index < -0.39 is 30.6 Å². The third kappa shape index (κ3) is 2.18. The van der Waals surface area contributed by atoms with Crippen LogP contribution in [0.25, 0.3) is 0 Å². The SMILES string of the molecule is O=c1[nH]cc([C@@H](O)[C@H](O)[C@H](O)CO)n1O. The van der Waals surface area contributed by atoms with Crippen LogP contribution in [0.2, 0.25) is 0 Å². The van der Waals surface area contributed by atoms with Gasteiger partial charge in [-0.2, -0.15) is 0 Å². The first-order valence-electron chi connectivity index (χ1n) is 4.13. The predicted octanol–water partition coefficient (Wildman–Crippen LogP) is -2.84. The van der Waals surface area contributed by atoms with Gasteiger partial charge < -0.3 is 30.6 Å². The van der Waals surface area contributed by atoms with Crippen molar-refractivity contribution in [2.45, 2.75) is 18.3 Å². The van der Waals surface area contributed by atoms with Crippen LogP contribution >= 0.6 is 0 Å². The maximum absolute atomic E-state index is 10.8. The number of aliphatic hydroxyl groups excluding tert-OH is 4. The first-order chi connectivity index (χ1) is 6.99. The lowest BCUT2D eigenvalue weighted by Gasteiger charge is -2.20. The molecular formula is C7H12N2O6. The number of imidazole rings is 1. The van der Waals surface area contributed by atoms with Crippen LogP contribution in [0.15, 0.2) is 11.0 Å². The molecule has 1 aromatic rings. The normalized spacial score (nSPS) is 17.3. The number of nitrogens with one attached hydrogen (secondary N) is 1. The minimum atomic E-state index is -1.70. The number of hydrogen-bond donors (Lipinski definition) is 6. The molecule has 0 aliphatic rings. The smallest absolute Gasteiger partial charge is 0.358 e. The lowest BCUT2D eigenvalue weighted by Crippen LogP contribution is -2.36. The van der Waals surface area contributed by atoms with Crippen LogP contribution in [0.1, 0.15) is 11.8 Å². The number of aromatic amines is 1. The fourth-order valence-corrected chi connectivity index (χ4v) is 1.08. The Bertz CT molecular complexity index is 372. The summed E-state index contributed by atoms with van der Waals surface area (Å²) in [6.07, 6.45) is -3.97. The van der Waals surface area contributed by atoms with Crippen molar-refractivity contribution in [2.75, 3.05) is 6.61 Å². The van der Waals surface area contributed by atoms with Crippen molar-refractivity contribution < 1.29 is 25.6 Å². The molecule has 0 amide bonds. The fourth-order valence-electron chi connectivity index (χ4n) is 1.08. The lowest BCUT2D eigenvalue weighted by atomic mass is 10.1. The molecule has 8 heteroatoms. The Morgan fingerprint density at radius 2 is 2.00 bits per heavy atom. The zero-order chi connectivity index (χ0) is 11.6. The second-order valence-electron chi connectivity index (χ2n) is 3.02. The summed E-state index contributed by atoms with van der Waals surface area (Å²) in [5.41, 5.74) is -1.19. The molecule has 0 aliphatic carbocycles. The molecule has 0 bridgehead atoms. The van der Waals surface area contributed by atoms with E-state index in [1.165, 1.54) is 0 Å². The van der Waals surface area contributed by atoms with Crippen LogP contribution in [0.5, 0.6) is 0 Å². The van der Waals surface area contributed by atoms with E-state index in [9.17, 15) is 15.0 Å². The fraction of sp³-hybridized carbons (Fsp3) is 0.571. The number of nitrogens with zero attached hydrogens (tertiary/aromatic N) is 1. The van der Waals surface area contributed by atoms with Crippen LogP contribution in [-0.4, -0.2) is 54.2 Å². The first kappa shape index (κ1) is 11.7. The van der Waals surface area contributed by atoms with Gasteiger partial charge in [-0.15, -0.1) is 4.73 Å². The molecule has 3 atom stereocenters. The molecule has 6 N–H and O–H groups in total. The molecule has 0 aromatic carbocycles. The van der Waals surface area contributed by atoms with Gasteiger partial charge in [-0.05, 0) is 0 Å². The summed E-state index contributed by atoms with van der Waals surface area (Å²) in [4.78, 5) is 12.8. The monoisotopic (exact) mass is 220 g/mol. The lowest BCUT2D eigenvalue weighted by molar-refractivity contribution is -0.0836. The Kier molecular flexibility index (Phi) is 3.48. The summed E-state index contributed by atoms with van der Waals surface area (Å²) in [7, 11) is 0. The topological polar surface area (TPSA) is 139 Å². The molecule has 0 spiro atoms. The van der Waals surface area contributed by atoms with Gasteiger partial charge in [-0.1, -0.05) is 0 Å². The van der Waals surface area contributed by atoms with Gasteiger partial charge in [0, 0.05) is 6.20 Å². The van der Waals surface area contributed by atoms with E-state index in [-0.39, 0.29) is 10.4 Å². The summed E-state index contributed by atoms with van der Waals surface area (Å²) < 4.78 is 0.109. The molecular weight excluding hydrogens is 208 g/mol. The maximum atomic E-state index is 10.8. The number of H-pyrrole nitrogens is 1. The second kappa shape index (κ2) is 4.45. The van der Waals surface area contributed by atoms with Gasteiger partial charge in [0.15, 0.2) is 0 Å². The van der Waals surface area contributed by atoms with Crippen molar-refractivity contribution in [2.24, 2.45) is 0 Å². The highest BCUT2D eigenvalue weighted by atomic mass is 16.5. The van der Waals surface area contributed by atoms with Crippen molar-refractivity contribution in [3.63, 3.8) is 0 Å². The largest absolute Gasteiger partial charge is 0.424 e. The molecule has 0 aliphatic heterocycles. The van der Waals surface area contributed by atoms with E-state index in [1.54, 1.807) is 0 Å². The summed E-state index contributed by atoms with van der Waals surface area (Å²) in [6.45, 7) is -0.752. The zero-order valence-corrected chi connectivity index (χ0v) is 7.61. The van der Waals surface area contributed by atoms with Gasteiger partial charge in [0.25, 0.3) is 0 Å². The zero-order valence-electron chi connectivity index (χ0n) is 7.61. The molecule has 0 unspecified atom stereocenters. The molecule has 1 aromatic heterocycles. The summed E-state index contributed by atoms with van der Waals surface area (Å²) in [6, 6.07) is 0. The van der Waals surface area contributed by atoms with E-state index in [2.05, 4.69) is 4.98 Å². The number of hydrogen-bond acceptors (Lipinski definition) is 6. The van der Waals surface area contributed by atoms with Gasteiger partial charge >= 0.3 is 5.69 Å². The quantitative estimate of drug-likeness (QED) is 0.302. The van der Waals surface area contributed by atoms with Crippen LogP contribution in [0, 0.1) is 0 Å². The van der Waals surface area contributed by atoms with Crippen molar-refractivity contribution in [1.29, 1.82) is 0 Å². The Labute approximate surface area is 83.6 Å². The maximum Gasteiger partial charge on any atom is 0.358 e. The van der Waals surface area contributed by atoms with Gasteiger partial charge in [0.05, 0.1) is 6.61 Å². The van der Waals surface area contributed by atoms with Gasteiger partial charge in [0.1, 0.15) is 24.0 Å². The Morgan fingerprint density at radius 1 is 1.40 bits per heavy atom. The molecule has 1 rings (SSSR count). The summed E-state index contributed by atoms with van der Waals surface area (Å²) in [5, 5.41) is 45.3. The average Bonchev–Trinajstić information content (AvgIpc) is 2.56. The standard InChI is InChI=1S/C7H12N2O6/c10-2-4(11)6(13)5(12)3-1-8-7(14)9(3)15/h1,4-6,10-13,15H,2H2,(H,8,14)/t4-,5-,6-/m1/s1. The van der Waals surface area contributed by atoms with Crippen molar-refractivity contribution in [1.82, 2.24) is 9.71 Å². The molecule has 0 saturated heterocycles. The minimum absolute atomic E-state index is 0.109. The van der Waals surface area contributed by atoms with E-state index in [0.717, 1.165) is 6.20 Å². The first-order valence-corrected chi connectivity index (χ1v) is 4.13. The van der Waals surface area contributed by atoms with Crippen LogP contribution in [-0.2, 0) is 0 Å². The van der Waals surface area contributed by atoms with Crippen molar-refractivity contribution in [3.8, 4) is 0 Å². The van der Waals surface area contributed by atoms with Gasteiger partial charge in [-0.3, -0.25) is 0 Å². The molecule has 86 valence electrons. The number of rotatable bonds is 4. The summed E-state index contributed by atoms with van der Waals surface area (Å²) >= 11 is 0. The van der Waals surface area contributed by atoms with E-state index in [0.29, 0.717) is 0 Å². The molecule has 15 heavy (non-hydrogen) atoms. The van der Waals surface area contributed by atoms with Crippen LogP contribution in [0.3, 0.4) is 0 Å². The Morgan fingerprint density at radius 3 is 2.40 bits per heavy atom. The highest BCUT2D eigenvalue weighted by Gasteiger charge is 2.28. The highest BCUT2D eigenvalue weighted by Crippen LogP contribution is 2.16. The van der Waals surface area contributed by atoms with E-state index >= 15 is 0 Å². The predicted molar refractivity (Wildman–Crippen MR) is 46.3 cm³/mol. The molecule has 8 nitrogen and oxygen atoms in total. The molecule has 0 radical (unpaired) electrons. The number of aromatic nitrogens is 2. The third-order valence-corrected chi connectivity index (χ3v) is 1.99. The molecule has 0 fully saturated rings. The molecule has 1 heterocycles. The average molecular weight is 220 g/mol. The Balaban J connectivity index is 2.89. The van der Waals surface area contributed by atoms with E-state index in [1.807, 2.05) is 0 Å². The molecule has 0 saturated carbocycles. The highest BCUT2D eigenvalue weighted by molar-refractivity contribution is 5.04. The minimum Gasteiger partial charge on any atom is -0.424 e. The van der Waals surface area contributed by atoms with Crippen LogP contribution < -0.4 is 5.69 Å². The number of aliphatic hydroxyl groups is 4. The van der Waals surface area contributed by atoms with Crippen molar-refractivity contribution >= 4 is 0 Å². The second-order valence-corrected chi connectivity index (χ2v) is 3.02. The van der Waals surface area contributed by atoms with Gasteiger partial charge in [0.2, 0.25) is 0 Å². The third-order valence-electron chi connectivity index (χ3n) is 1.99. The summed E-state index contributed by atoms with van der Waals surface area (Å²) in [5.74, 6) is 0. The Hall–Kier alpha value is -1.35. The van der Waals surface area contributed by atoms with E-state index in [4.69, 9.17) is 15.4 Å².